The third-order valence-electron chi connectivity index (χ3n) is 11.2. The molecule has 6 aromatic rings. The van der Waals surface area contributed by atoms with Gasteiger partial charge < -0.3 is 5.32 Å². The minimum Gasteiger partial charge on any atom is -0.307 e. The molecule has 0 spiro atoms. The molecule has 2 aromatic carbocycles. The van der Waals surface area contributed by atoms with Crippen molar-refractivity contribution in [3.63, 3.8) is 0 Å². The molecular weight excluding hydrogens is 833 g/mol. The number of benzene rings is 2. The molecule has 0 atom stereocenters. The van der Waals surface area contributed by atoms with E-state index in [0.29, 0.717) is 18.2 Å². The zero-order valence-electron chi connectivity index (χ0n) is 33.7. The first-order valence-electron chi connectivity index (χ1n) is 20.3. The maximum absolute atomic E-state index is 12.7. The maximum atomic E-state index is 12.7. The van der Waals surface area contributed by atoms with Crippen LogP contribution in [0.5, 0.6) is 0 Å². The van der Waals surface area contributed by atoms with Crippen molar-refractivity contribution in [2.45, 2.75) is 100 Å². The van der Waals surface area contributed by atoms with Crippen molar-refractivity contribution >= 4 is 43.5 Å². The first-order chi connectivity index (χ1) is 29.9. The van der Waals surface area contributed by atoms with Crippen molar-refractivity contribution < 1.29 is 26.4 Å². The average molecular weight is 877 g/mol. The van der Waals surface area contributed by atoms with Crippen molar-refractivity contribution in [2.24, 2.45) is 10.1 Å². The Balaban J connectivity index is 0.000000143. The molecular formula is C42H44N12O6S2. The number of aromatic nitrogens is 8. The third kappa shape index (κ3) is 9.68. The summed E-state index contributed by atoms with van der Waals surface area (Å²) in [4.78, 5) is 43.2. The number of hydrogen-bond donors (Lipinski definition) is 3. The lowest BCUT2D eigenvalue weighted by Gasteiger charge is -2.16. The monoisotopic (exact) mass is 876 g/mol. The number of hydrogen-bond acceptors (Lipinski definition) is 13. The van der Waals surface area contributed by atoms with Crippen molar-refractivity contribution in [3.05, 3.63) is 130 Å². The maximum Gasteiger partial charge on any atom is 0.333 e. The number of aliphatic imine (C=N–C) groups is 1. The highest BCUT2D eigenvalue weighted by Gasteiger charge is 2.28. The Morgan fingerprint density at radius 2 is 1.10 bits per heavy atom. The summed E-state index contributed by atoms with van der Waals surface area (Å²) in [6.45, 7) is 0.529. The number of isocyanates is 1. The van der Waals surface area contributed by atoms with E-state index in [4.69, 9.17) is 5.14 Å². The Labute approximate surface area is 358 Å². The molecule has 4 aromatic heterocycles. The number of nitrogens with zero attached hydrogens (tertiary/aromatic N) is 9. The summed E-state index contributed by atoms with van der Waals surface area (Å²) in [6, 6.07) is 9.90. The van der Waals surface area contributed by atoms with Gasteiger partial charge in [-0.25, -0.2) is 47.8 Å². The van der Waals surface area contributed by atoms with Crippen LogP contribution < -0.4 is 15.2 Å². The number of carbonyl (C=O) groups excluding carboxylic acids is 2. The van der Waals surface area contributed by atoms with Gasteiger partial charge in [0.25, 0.3) is 20.0 Å². The normalized spacial score (nSPS) is 14.5. The van der Waals surface area contributed by atoms with E-state index in [-0.39, 0.29) is 16.6 Å². The second kappa shape index (κ2) is 18.3. The molecule has 0 saturated heterocycles. The molecule has 4 aliphatic rings. The number of nitrogens with two attached hydrogens (primary N) is 1. The molecule has 0 radical (unpaired) electrons. The highest BCUT2D eigenvalue weighted by molar-refractivity contribution is 7.90. The molecule has 4 aliphatic carbocycles. The Morgan fingerprint density at radius 3 is 1.55 bits per heavy atom. The smallest absolute Gasteiger partial charge is 0.307 e. The quantitative estimate of drug-likeness (QED) is 0.137. The molecule has 20 heteroatoms. The van der Waals surface area contributed by atoms with Crippen LogP contribution in [0, 0.1) is 0 Å². The van der Waals surface area contributed by atoms with Gasteiger partial charge in [0, 0.05) is 42.9 Å². The summed E-state index contributed by atoms with van der Waals surface area (Å²) < 4.78 is 52.2. The summed E-state index contributed by atoms with van der Waals surface area (Å²) in [5.41, 5.74) is 12.0. The molecule has 0 bridgehead atoms. The van der Waals surface area contributed by atoms with E-state index in [9.17, 15) is 26.4 Å². The zero-order chi connectivity index (χ0) is 43.3. The van der Waals surface area contributed by atoms with Crippen LogP contribution >= 0.6 is 0 Å². The molecule has 0 unspecified atom stereocenters. The molecule has 4 heterocycles. The van der Waals surface area contributed by atoms with Crippen molar-refractivity contribution in [1.82, 2.24) is 44.2 Å². The molecule has 2 amide bonds. The average Bonchev–Trinajstić information content (AvgIpc) is 4.11. The van der Waals surface area contributed by atoms with Crippen molar-refractivity contribution in [2.75, 3.05) is 5.32 Å². The number of sulfonamides is 2. The Kier molecular flexibility index (Phi) is 12.4. The van der Waals surface area contributed by atoms with Crippen LogP contribution in [0.15, 0.2) is 88.6 Å². The molecule has 320 valence electrons. The predicted molar refractivity (Wildman–Crippen MR) is 226 cm³/mol. The summed E-state index contributed by atoms with van der Waals surface area (Å²) in [6.07, 6.45) is 24.0. The number of anilines is 1. The number of aryl methyl sites for hydroxylation is 4. The number of nitrogens with one attached hydrogen (secondary N) is 2. The zero-order valence-corrected chi connectivity index (χ0v) is 35.3. The van der Waals surface area contributed by atoms with Crippen molar-refractivity contribution in [3.8, 4) is 0 Å². The van der Waals surface area contributed by atoms with Gasteiger partial charge in [0.1, 0.15) is 24.7 Å². The molecule has 10 rings (SSSR count). The number of amides is 2. The number of primary sulfonamides is 1. The Bertz CT molecular complexity index is 2830. The van der Waals surface area contributed by atoms with Gasteiger partial charge in [-0.2, -0.15) is 23.6 Å². The van der Waals surface area contributed by atoms with Crippen LogP contribution in [0.3, 0.4) is 0 Å². The van der Waals surface area contributed by atoms with Gasteiger partial charge in [-0.3, -0.25) is 9.36 Å². The van der Waals surface area contributed by atoms with Crippen LogP contribution in [0.2, 0.25) is 0 Å². The summed E-state index contributed by atoms with van der Waals surface area (Å²) in [5.74, 6) is 1.05. The first kappa shape index (κ1) is 42.2. The lowest BCUT2D eigenvalue weighted by Crippen LogP contribution is -2.35. The Morgan fingerprint density at radius 1 is 0.661 bits per heavy atom. The molecule has 0 fully saturated rings. The van der Waals surface area contributed by atoms with Crippen LogP contribution in [0.1, 0.15) is 81.8 Å². The molecule has 0 saturated carbocycles. The van der Waals surface area contributed by atoms with Gasteiger partial charge in [-0.15, -0.1) is 0 Å². The number of rotatable bonds is 9. The number of fused-ring (bicyclic) bond motifs is 4. The van der Waals surface area contributed by atoms with E-state index in [2.05, 4.69) is 57.3 Å². The van der Waals surface area contributed by atoms with E-state index >= 15 is 0 Å². The predicted octanol–water partition coefficient (Wildman–Crippen LogP) is 4.21. The molecule has 0 aliphatic heterocycles. The molecule has 62 heavy (non-hydrogen) atoms. The fraction of sp³-hybridized carbons (Fsp3) is 0.333. The second-order valence-electron chi connectivity index (χ2n) is 15.3. The highest BCUT2D eigenvalue weighted by Crippen LogP contribution is 2.40. The summed E-state index contributed by atoms with van der Waals surface area (Å²) >= 11 is 0. The van der Waals surface area contributed by atoms with Gasteiger partial charge in [-0.05, 0) is 146 Å². The summed E-state index contributed by atoms with van der Waals surface area (Å²) in [5, 5.41) is 15.2. The highest BCUT2D eigenvalue weighted by atomic mass is 32.2. The fourth-order valence-electron chi connectivity index (χ4n) is 8.52. The van der Waals surface area contributed by atoms with E-state index in [1.54, 1.807) is 43.0 Å². The third-order valence-corrected chi connectivity index (χ3v) is 13.2. The van der Waals surface area contributed by atoms with Gasteiger partial charge >= 0.3 is 6.03 Å². The SMILES string of the molecule is NS(=O)(=O)c1ccn(Cc2ncccn2)n1.O=C(Nc1c2c(cc3c1CCC3)CCC2)NS(=O)(=O)c1ccn(Cc2ncccn2)n1.O=C=Nc1c2c(cc3c1CCC3)CCC2. The van der Waals surface area contributed by atoms with Crippen LogP contribution in [0.25, 0.3) is 0 Å². The second-order valence-corrected chi connectivity index (χ2v) is 18.4. The topological polar surface area (TPSA) is 252 Å². The van der Waals surface area contributed by atoms with Gasteiger partial charge in [0.15, 0.2) is 10.1 Å². The van der Waals surface area contributed by atoms with E-state index < -0.39 is 26.1 Å². The lowest BCUT2D eigenvalue weighted by atomic mass is 9.99. The van der Waals surface area contributed by atoms with Gasteiger partial charge in [0.05, 0.1) is 5.69 Å². The summed E-state index contributed by atoms with van der Waals surface area (Å²) in [7, 11) is -7.86. The number of urea groups is 1. The minimum atomic E-state index is -4.11. The molecule has 4 N–H and O–H groups in total. The van der Waals surface area contributed by atoms with Gasteiger partial charge in [0.2, 0.25) is 6.08 Å². The Hall–Kier alpha value is -6.47. The van der Waals surface area contributed by atoms with Crippen LogP contribution in [-0.4, -0.2) is 68.4 Å². The van der Waals surface area contributed by atoms with Crippen LogP contribution in [-0.2, 0) is 89.3 Å². The molecule has 18 nitrogen and oxygen atoms in total. The van der Waals surface area contributed by atoms with E-state index in [1.807, 2.05) is 0 Å². The standard InChI is InChI=1S/C21H22N6O3S.C13H13NO.C8H9N5O2S/c28-21(24-20-16-6-1-4-14(16)12-15-5-2-7-17(15)20)26-31(29,30)19-8-11-27(25-19)13-18-22-9-3-10-23-18;15-8-14-13-11-5-1-3-9(11)7-10-4-2-6-12(10)13;9-16(14,15)8-2-5-13(12-8)6-7-10-3-1-4-11-7/h3,8-12H,1-2,4-7,13H2,(H2,24,26,28);7H,1-6H2;1-5H,6H2,(H2,9,14,15). The number of carbonyl (C=O) groups is 1. The van der Waals surface area contributed by atoms with E-state index in [1.165, 1.54) is 80.1 Å². The first-order valence-corrected chi connectivity index (χ1v) is 23.3. The minimum absolute atomic E-state index is 0.163. The lowest BCUT2D eigenvalue weighted by molar-refractivity contribution is 0.256. The largest absolute Gasteiger partial charge is 0.333 e. The van der Waals surface area contributed by atoms with Crippen LogP contribution in [0.4, 0.5) is 16.2 Å². The van der Waals surface area contributed by atoms with E-state index in [0.717, 1.165) is 86.7 Å². The van der Waals surface area contributed by atoms with Crippen molar-refractivity contribution in [1.29, 1.82) is 0 Å². The van der Waals surface area contributed by atoms with Gasteiger partial charge in [-0.1, -0.05) is 12.1 Å². The fourth-order valence-corrected chi connectivity index (χ4v) is 9.84.